The Morgan fingerprint density at radius 3 is 2.41 bits per heavy atom. The third kappa shape index (κ3) is 5.96. The summed E-state index contributed by atoms with van der Waals surface area (Å²) in [5, 5.41) is 3.38. The molecule has 4 nitrogen and oxygen atoms in total. The number of amides is 1. The second-order valence-corrected chi connectivity index (χ2v) is 9.93. The van der Waals surface area contributed by atoms with Gasteiger partial charge in [0.05, 0.1) is 5.69 Å². The van der Waals surface area contributed by atoms with Crippen molar-refractivity contribution in [2.75, 3.05) is 18.4 Å². The molecule has 0 unspecified atom stereocenters. The van der Waals surface area contributed by atoms with E-state index in [-0.39, 0.29) is 17.3 Å². The molecule has 178 valence electrons. The number of anilines is 1. The lowest BCUT2D eigenvalue weighted by Gasteiger charge is -2.25. The van der Waals surface area contributed by atoms with Crippen molar-refractivity contribution in [3.05, 3.63) is 94.8 Å². The van der Waals surface area contributed by atoms with Crippen LogP contribution in [0.15, 0.2) is 66.7 Å². The number of hydrogen-bond acceptors (Lipinski definition) is 3. The highest BCUT2D eigenvalue weighted by molar-refractivity contribution is 5.75. The molecule has 3 aromatic rings. The lowest BCUT2D eigenvalue weighted by molar-refractivity contribution is 0.150. The molecule has 1 N–H and O–H groups in total. The largest absolute Gasteiger partial charge is 0.415 e. The van der Waals surface area contributed by atoms with Crippen LogP contribution in [0, 0.1) is 5.82 Å². The quantitative estimate of drug-likeness (QED) is 0.444. The minimum absolute atomic E-state index is 0.0686. The molecule has 0 atom stereocenters. The molecular formula is C29H33FN2O2. The summed E-state index contributed by atoms with van der Waals surface area (Å²) in [6.45, 7) is 8.33. The summed E-state index contributed by atoms with van der Waals surface area (Å²) in [6.07, 6.45) is 2.27. The van der Waals surface area contributed by atoms with E-state index in [1.165, 1.54) is 23.3 Å². The van der Waals surface area contributed by atoms with Gasteiger partial charge in [-0.2, -0.15) is 0 Å². The maximum absolute atomic E-state index is 13.3. The molecule has 5 heteroatoms. The number of carbonyl (C=O) groups excluding carboxylic acids is 1. The number of nitrogens with one attached hydrogen (secondary N) is 1. The number of nitrogens with zero attached hydrogens (tertiary/aromatic N) is 1. The minimum Gasteiger partial charge on any atom is -0.408 e. The van der Waals surface area contributed by atoms with Crippen molar-refractivity contribution >= 4 is 11.8 Å². The van der Waals surface area contributed by atoms with Crippen LogP contribution in [0.2, 0.25) is 0 Å². The molecule has 0 spiro atoms. The van der Waals surface area contributed by atoms with Crippen molar-refractivity contribution in [2.24, 2.45) is 0 Å². The number of halogens is 1. The van der Waals surface area contributed by atoms with Crippen molar-refractivity contribution in [3.63, 3.8) is 0 Å². The van der Waals surface area contributed by atoms with E-state index < -0.39 is 0 Å². The predicted molar refractivity (Wildman–Crippen MR) is 135 cm³/mol. The second kappa shape index (κ2) is 10.3. The molecule has 1 aliphatic rings. The molecule has 0 saturated carbocycles. The predicted octanol–water partition coefficient (Wildman–Crippen LogP) is 6.73. The van der Waals surface area contributed by atoms with E-state index in [0.717, 1.165) is 36.2 Å². The molecule has 1 heterocycles. The number of carbonyl (C=O) groups is 1. The third-order valence-corrected chi connectivity index (χ3v) is 6.27. The first-order chi connectivity index (χ1) is 16.3. The minimum atomic E-state index is -0.386. The topological polar surface area (TPSA) is 41.6 Å². The molecule has 0 aromatic heterocycles. The first-order valence-electron chi connectivity index (χ1n) is 12.0. The van der Waals surface area contributed by atoms with Crippen LogP contribution in [-0.2, 0) is 24.8 Å². The number of rotatable bonds is 6. The van der Waals surface area contributed by atoms with Crippen LogP contribution in [0.4, 0.5) is 14.9 Å². The van der Waals surface area contributed by atoms with Crippen LogP contribution in [0.1, 0.15) is 49.4 Å². The van der Waals surface area contributed by atoms with Crippen LogP contribution in [-0.4, -0.2) is 24.1 Å². The van der Waals surface area contributed by atoms with Crippen LogP contribution in [0.25, 0.3) is 0 Å². The van der Waals surface area contributed by atoms with Gasteiger partial charge in [0.25, 0.3) is 0 Å². The average molecular weight is 461 g/mol. The van der Waals surface area contributed by atoms with Gasteiger partial charge in [-0.05, 0) is 65.1 Å². The molecule has 0 saturated heterocycles. The Hall–Kier alpha value is -3.34. The Morgan fingerprint density at radius 1 is 1.00 bits per heavy atom. The Kier molecular flexibility index (Phi) is 7.20. The van der Waals surface area contributed by atoms with Gasteiger partial charge in [-0.1, -0.05) is 69.3 Å². The standard InChI is InChI=1S/C29H33FN2O2/c1-29(2,3)24-13-9-22(10-14-24)20-32(19-17-21-11-15-25(30)16-12-21)28(33)34-26-8-4-6-23-7-5-18-31-27(23)26/h4,6,8-16,31H,5,7,17-20H2,1-3H3. The molecule has 4 rings (SSSR count). The number of benzene rings is 3. The summed E-state index contributed by atoms with van der Waals surface area (Å²) in [5.41, 5.74) is 5.42. The molecule has 0 aliphatic carbocycles. The zero-order valence-corrected chi connectivity index (χ0v) is 20.2. The van der Waals surface area contributed by atoms with Crippen LogP contribution in [0.5, 0.6) is 5.75 Å². The Bertz CT molecular complexity index is 1120. The fraction of sp³-hybridized carbons (Fsp3) is 0.345. The van der Waals surface area contributed by atoms with Gasteiger partial charge in [0.1, 0.15) is 5.82 Å². The lowest BCUT2D eigenvalue weighted by atomic mass is 9.87. The maximum atomic E-state index is 13.3. The zero-order chi connectivity index (χ0) is 24.1. The highest BCUT2D eigenvalue weighted by atomic mass is 19.1. The summed E-state index contributed by atoms with van der Waals surface area (Å²) in [5.74, 6) is 0.303. The number of aryl methyl sites for hydroxylation is 1. The molecule has 3 aromatic carbocycles. The van der Waals surface area contributed by atoms with Gasteiger partial charge in [-0.3, -0.25) is 0 Å². The van der Waals surface area contributed by atoms with Crippen molar-refractivity contribution in [1.29, 1.82) is 0 Å². The van der Waals surface area contributed by atoms with Gasteiger partial charge in [0.15, 0.2) is 5.75 Å². The second-order valence-electron chi connectivity index (χ2n) is 9.93. The van der Waals surface area contributed by atoms with Crippen molar-refractivity contribution in [3.8, 4) is 5.75 Å². The van der Waals surface area contributed by atoms with Crippen LogP contribution in [0.3, 0.4) is 0 Å². The van der Waals surface area contributed by atoms with E-state index in [1.54, 1.807) is 17.0 Å². The fourth-order valence-corrected chi connectivity index (χ4v) is 4.20. The smallest absolute Gasteiger partial charge is 0.408 e. The maximum Gasteiger partial charge on any atom is 0.415 e. The SMILES string of the molecule is CC(C)(C)c1ccc(CN(CCc2ccc(F)cc2)C(=O)Oc2cccc3c2NCCC3)cc1. The third-order valence-electron chi connectivity index (χ3n) is 6.27. The normalized spacial score (nSPS) is 13.1. The molecule has 1 amide bonds. The Morgan fingerprint density at radius 2 is 1.71 bits per heavy atom. The zero-order valence-electron chi connectivity index (χ0n) is 20.2. The fourth-order valence-electron chi connectivity index (χ4n) is 4.20. The number of fused-ring (bicyclic) bond motifs is 1. The molecular weight excluding hydrogens is 427 g/mol. The van der Waals surface area contributed by atoms with Gasteiger partial charge in [-0.25, -0.2) is 9.18 Å². The van der Waals surface area contributed by atoms with Gasteiger partial charge in [0.2, 0.25) is 0 Å². The van der Waals surface area contributed by atoms with Gasteiger partial charge < -0.3 is 15.0 Å². The van der Waals surface area contributed by atoms with Gasteiger partial charge >= 0.3 is 6.09 Å². The summed E-state index contributed by atoms with van der Waals surface area (Å²) in [4.78, 5) is 15.0. The van der Waals surface area contributed by atoms with Crippen molar-refractivity contribution in [1.82, 2.24) is 4.90 Å². The van der Waals surface area contributed by atoms with Crippen LogP contribution >= 0.6 is 0 Å². The van der Waals surface area contributed by atoms with E-state index >= 15 is 0 Å². The first kappa shape index (κ1) is 23.8. The van der Waals surface area contributed by atoms with Crippen molar-refractivity contribution < 1.29 is 13.9 Å². The number of hydrogen-bond donors (Lipinski definition) is 1. The van der Waals surface area contributed by atoms with E-state index in [0.29, 0.717) is 25.3 Å². The van der Waals surface area contributed by atoms with E-state index in [2.05, 4.69) is 56.4 Å². The van der Waals surface area contributed by atoms with Crippen LogP contribution < -0.4 is 10.1 Å². The summed E-state index contributed by atoms with van der Waals surface area (Å²) < 4.78 is 19.2. The molecule has 1 aliphatic heterocycles. The highest BCUT2D eigenvalue weighted by Crippen LogP contribution is 2.32. The average Bonchev–Trinajstić information content (AvgIpc) is 2.82. The van der Waals surface area contributed by atoms with Crippen molar-refractivity contribution in [2.45, 2.75) is 52.0 Å². The summed E-state index contributed by atoms with van der Waals surface area (Å²) in [7, 11) is 0. The number of ether oxygens (including phenoxy) is 1. The lowest BCUT2D eigenvalue weighted by Crippen LogP contribution is -2.35. The van der Waals surface area contributed by atoms with Gasteiger partial charge in [-0.15, -0.1) is 0 Å². The highest BCUT2D eigenvalue weighted by Gasteiger charge is 2.21. The Balaban J connectivity index is 1.52. The van der Waals surface area contributed by atoms with E-state index in [9.17, 15) is 9.18 Å². The molecule has 0 radical (unpaired) electrons. The van der Waals surface area contributed by atoms with E-state index in [1.807, 2.05) is 12.1 Å². The molecule has 0 bridgehead atoms. The summed E-state index contributed by atoms with van der Waals surface area (Å²) >= 11 is 0. The first-order valence-corrected chi connectivity index (χ1v) is 12.0. The Labute approximate surface area is 201 Å². The van der Waals surface area contributed by atoms with Gasteiger partial charge in [0, 0.05) is 19.6 Å². The van der Waals surface area contributed by atoms with E-state index in [4.69, 9.17) is 4.74 Å². The monoisotopic (exact) mass is 460 g/mol. The summed E-state index contributed by atoms with van der Waals surface area (Å²) in [6, 6.07) is 20.6. The number of para-hydroxylation sites is 1. The molecule has 0 fully saturated rings. The molecule has 34 heavy (non-hydrogen) atoms.